The second kappa shape index (κ2) is 9.31. The Morgan fingerprint density at radius 3 is 2.18 bits per heavy atom. The summed E-state index contributed by atoms with van der Waals surface area (Å²) >= 11 is 0. The van der Waals surface area contributed by atoms with Crippen LogP contribution in [0.15, 0.2) is 11.6 Å². The number of ketones is 2. The molecule has 1 N–H and O–H groups in total. The summed E-state index contributed by atoms with van der Waals surface area (Å²) in [5, 5.41) is 10.9. The molecular weight excluding hydrogens is 360 g/mol. The van der Waals surface area contributed by atoms with E-state index in [2.05, 4.69) is 0 Å². The van der Waals surface area contributed by atoms with Crippen LogP contribution in [0.1, 0.15) is 67.7 Å². The lowest BCUT2D eigenvalue weighted by Gasteiger charge is -2.35. The third-order valence-electron chi connectivity index (χ3n) is 5.86. The fourth-order valence-corrected chi connectivity index (χ4v) is 4.13. The van der Waals surface area contributed by atoms with Crippen LogP contribution in [-0.2, 0) is 23.9 Å². The highest BCUT2D eigenvalue weighted by Crippen LogP contribution is 2.32. The van der Waals surface area contributed by atoms with E-state index < -0.39 is 35.1 Å². The summed E-state index contributed by atoms with van der Waals surface area (Å²) in [4.78, 5) is 38.2. The first-order valence-electron chi connectivity index (χ1n) is 10.0. The largest absolute Gasteiger partial charge is 0.458 e. The van der Waals surface area contributed by atoms with Gasteiger partial charge in [0, 0.05) is 18.9 Å². The van der Waals surface area contributed by atoms with Gasteiger partial charge in [0.15, 0.2) is 5.78 Å². The number of cyclic esters (lactones) is 1. The molecule has 0 bridgehead atoms. The van der Waals surface area contributed by atoms with Gasteiger partial charge in [-0.15, -0.1) is 0 Å². The van der Waals surface area contributed by atoms with E-state index in [0.29, 0.717) is 24.8 Å². The van der Waals surface area contributed by atoms with Crippen molar-refractivity contribution in [2.24, 2.45) is 17.8 Å². The molecule has 2 unspecified atom stereocenters. The van der Waals surface area contributed by atoms with Crippen molar-refractivity contribution >= 4 is 17.5 Å². The Bertz CT molecular complexity index is 635. The lowest BCUT2D eigenvalue weighted by molar-refractivity contribution is -0.166. The zero-order valence-corrected chi connectivity index (χ0v) is 18.5. The molecule has 0 fully saturated rings. The molecule has 1 aliphatic rings. The summed E-state index contributed by atoms with van der Waals surface area (Å²) < 4.78 is 11.1. The van der Waals surface area contributed by atoms with E-state index >= 15 is 0 Å². The molecular formula is C22H36O6. The Hall–Kier alpha value is -1.53. The van der Waals surface area contributed by atoms with Crippen LogP contribution < -0.4 is 0 Å². The van der Waals surface area contributed by atoms with E-state index in [4.69, 9.17) is 9.47 Å². The average molecular weight is 397 g/mol. The lowest BCUT2D eigenvalue weighted by Crippen LogP contribution is -2.44. The molecule has 0 aromatic heterocycles. The van der Waals surface area contributed by atoms with Gasteiger partial charge >= 0.3 is 5.97 Å². The quantitative estimate of drug-likeness (QED) is 0.569. The van der Waals surface area contributed by atoms with Gasteiger partial charge in [-0.2, -0.15) is 0 Å². The molecule has 0 radical (unpaired) electrons. The molecule has 6 heteroatoms. The highest BCUT2D eigenvalue weighted by molar-refractivity contribution is 6.00. The molecule has 0 amide bonds. The SMILES string of the molecule is CC[C@H]1OC(=O)C(C)C(=O)C(C)C[C@](C)(OC)C[C@@H](C)C(=O)/C(C)=C/[C@]1(C)O. The first-order chi connectivity index (χ1) is 12.8. The minimum Gasteiger partial charge on any atom is -0.458 e. The van der Waals surface area contributed by atoms with Gasteiger partial charge in [-0.1, -0.05) is 20.8 Å². The molecule has 0 saturated carbocycles. The van der Waals surface area contributed by atoms with Crippen molar-refractivity contribution in [3.8, 4) is 0 Å². The van der Waals surface area contributed by atoms with E-state index in [1.165, 1.54) is 19.9 Å². The van der Waals surface area contributed by atoms with Gasteiger partial charge in [0.05, 0.1) is 5.60 Å². The van der Waals surface area contributed by atoms with Crippen LogP contribution in [0.2, 0.25) is 0 Å². The second-order valence-corrected chi connectivity index (χ2v) is 8.74. The number of Topliss-reactive ketones (excluding diaryl/α,β-unsaturated/α-hetero) is 2. The van der Waals surface area contributed by atoms with Crippen molar-refractivity contribution in [2.45, 2.75) is 85.0 Å². The molecule has 0 saturated heterocycles. The number of hydrogen-bond acceptors (Lipinski definition) is 6. The monoisotopic (exact) mass is 396 g/mol. The van der Waals surface area contributed by atoms with Crippen molar-refractivity contribution in [1.82, 2.24) is 0 Å². The number of methoxy groups -OCH3 is 1. The Kier molecular flexibility index (Phi) is 8.15. The number of esters is 1. The zero-order valence-electron chi connectivity index (χ0n) is 18.5. The molecule has 1 rings (SSSR count). The molecule has 0 aromatic rings. The number of allylic oxidation sites excluding steroid dienone is 1. The van der Waals surface area contributed by atoms with E-state index in [1.807, 2.05) is 13.8 Å². The first kappa shape index (κ1) is 24.5. The first-order valence-corrected chi connectivity index (χ1v) is 10.0. The Labute approximate surface area is 168 Å². The maximum Gasteiger partial charge on any atom is 0.316 e. The molecule has 0 aromatic carbocycles. The van der Waals surface area contributed by atoms with Crippen LogP contribution in [0.5, 0.6) is 0 Å². The van der Waals surface area contributed by atoms with Gasteiger partial charge in [0.2, 0.25) is 0 Å². The number of rotatable bonds is 2. The minimum absolute atomic E-state index is 0.103. The van der Waals surface area contributed by atoms with Crippen LogP contribution in [0, 0.1) is 17.8 Å². The number of carbonyl (C=O) groups is 3. The maximum absolute atomic E-state index is 12.9. The number of aliphatic hydroxyl groups is 1. The normalized spacial score (nSPS) is 41.0. The van der Waals surface area contributed by atoms with Gasteiger partial charge < -0.3 is 14.6 Å². The molecule has 28 heavy (non-hydrogen) atoms. The number of hydrogen-bond donors (Lipinski definition) is 1. The Balaban J connectivity index is 3.42. The highest BCUT2D eigenvalue weighted by Gasteiger charge is 2.39. The molecule has 160 valence electrons. The van der Waals surface area contributed by atoms with E-state index in [1.54, 1.807) is 27.9 Å². The van der Waals surface area contributed by atoms with Crippen molar-refractivity contribution in [3.63, 3.8) is 0 Å². The fourth-order valence-electron chi connectivity index (χ4n) is 4.13. The molecule has 1 aliphatic heterocycles. The summed E-state index contributed by atoms with van der Waals surface area (Å²) in [5.74, 6) is -2.71. The zero-order chi connectivity index (χ0) is 21.9. The highest BCUT2D eigenvalue weighted by atomic mass is 16.6. The van der Waals surface area contributed by atoms with Crippen molar-refractivity contribution in [2.75, 3.05) is 7.11 Å². The third kappa shape index (κ3) is 5.74. The summed E-state index contributed by atoms with van der Waals surface area (Å²) in [6.45, 7) is 11.9. The molecule has 0 aliphatic carbocycles. The van der Waals surface area contributed by atoms with Crippen LogP contribution in [0.4, 0.5) is 0 Å². The third-order valence-corrected chi connectivity index (χ3v) is 5.86. The van der Waals surface area contributed by atoms with Gasteiger partial charge in [-0.3, -0.25) is 14.4 Å². The topological polar surface area (TPSA) is 89.9 Å². The number of carbonyl (C=O) groups excluding carboxylic acids is 3. The van der Waals surface area contributed by atoms with Gasteiger partial charge in [-0.25, -0.2) is 0 Å². The standard InChI is InChI=1S/C22H36O6/c1-9-17-22(7,26)12-15(4)18(23)13(2)10-21(6,27-8)11-14(3)19(24)16(5)20(25)28-17/h12-14,16-17,26H,9-11H2,1-8H3/b15-12+/t13-,14?,16?,17-,21-,22+/m1/s1. The maximum atomic E-state index is 12.9. The van der Waals surface area contributed by atoms with Crippen LogP contribution >= 0.6 is 0 Å². The predicted molar refractivity (Wildman–Crippen MR) is 107 cm³/mol. The predicted octanol–water partition coefficient (Wildman–Crippen LogP) is 3.25. The fraction of sp³-hybridized carbons (Fsp3) is 0.773. The summed E-state index contributed by atoms with van der Waals surface area (Å²) in [6, 6.07) is 0. The van der Waals surface area contributed by atoms with Crippen molar-refractivity contribution in [1.29, 1.82) is 0 Å². The van der Waals surface area contributed by atoms with E-state index in [9.17, 15) is 19.5 Å². The summed E-state index contributed by atoms with van der Waals surface area (Å²) in [7, 11) is 1.56. The van der Waals surface area contributed by atoms with E-state index in [-0.39, 0.29) is 17.5 Å². The second-order valence-electron chi connectivity index (χ2n) is 8.74. The lowest BCUT2D eigenvalue weighted by atomic mass is 9.79. The van der Waals surface area contributed by atoms with Crippen LogP contribution in [-0.4, -0.2) is 47.1 Å². The van der Waals surface area contributed by atoms with Crippen molar-refractivity contribution < 1.29 is 29.0 Å². The van der Waals surface area contributed by atoms with Gasteiger partial charge in [0.1, 0.15) is 23.4 Å². The van der Waals surface area contributed by atoms with Crippen LogP contribution in [0.3, 0.4) is 0 Å². The Morgan fingerprint density at radius 1 is 1.14 bits per heavy atom. The van der Waals surface area contributed by atoms with E-state index in [0.717, 1.165) is 0 Å². The van der Waals surface area contributed by atoms with Crippen molar-refractivity contribution in [3.05, 3.63) is 11.6 Å². The summed E-state index contributed by atoms with van der Waals surface area (Å²) in [5.41, 5.74) is -1.79. The molecule has 6 atom stereocenters. The average Bonchev–Trinajstić information content (AvgIpc) is 2.62. The van der Waals surface area contributed by atoms with Gasteiger partial charge in [-0.05, 0) is 58.6 Å². The summed E-state index contributed by atoms with van der Waals surface area (Å²) in [6.07, 6.45) is 1.79. The Morgan fingerprint density at radius 2 is 1.68 bits per heavy atom. The molecule has 6 nitrogen and oxygen atoms in total. The molecule has 0 spiro atoms. The molecule has 1 heterocycles. The minimum atomic E-state index is -1.52. The van der Waals surface area contributed by atoms with Gasteiger partial charge in [0.25, 0.3) is 0 Å². The number of ether oxygens (including phenoxy) is 2. The van der Waals surface area contributed by atoms with Crippen LogP contribution in [0.25, 0.3) is 0 Å². The smallest absolute Gasteiger partial charge is 0.316 e.